The number of rotatable bonds is 7. The van der Waals surface area contributed by atoms with Crippen molar-refractivity contribution in [3.8, 4) is 0 Å². The number of benzene rings is 2. The Balaban J connectivity index is 1.64. The molecule has 1 saturated heterocycles. The zero-order valence-corrected chi connectivity index (χ0v) is 16.9. The number of carboxylic acid groups (broad SMARTS) is 1. The molecule has 0 aromatic heterocycles. The van der Waals surface area contributed by atoms with Gasteiger partial charge in [-0.1, -0.05) is 84.6 Å². The number of amides is 2. The average Bonchev–Trinajstić information content (AvgIpc) is 2.96. The zero-order valence-electron chi connectivity index (χ0n) is 15.3. The van der Waals surface area contributed by atoms with Gasteiger partial charge in [0.2, 0.25) is 5.91 Å². The van der Waals surface area contributed by atoms with Crippen LogP contribution >= 0.6 is 24.0 Å². The highest BCUT2D eigenvalue weighted by atomic mass is 32.2. The minimum Gasteiger partial charge on any atom is -0.480 e. The molecule has 0 bridgehead atoms. The van der Waals surface area contributed by atoms with Crippen molar-refractivity contribution >= 4 is 52.2 Å². The highest BCUT2D eigenvalue weighted by Crippen LogP contribution is 2.32. The number of nitrogens with one attached hydrogen (secondary N) is 1. The summed E-state index contributed by atoms with van der Waals surface area (Å²) in [5.41, 5.74) is 1.64. The van der Waals surface area contributed by atoms with Crippen LogP contribution in [0.25, 0.3) is 6.08 Å². The number of carbonyl (C=O) groups is 3. The Bertz CT molecular complexity index is 961. The van der Waals surface area contributed by atoms with Crippen LogP contribution in [0.4, 0.5) is 0 Å². The van der Waals surface area contributed by atoms with E-state index < -0.39 is 17.9 Å². The van der Waals surface area contributed by atoms with Crippen molar-refractivity contribution in [3.05, 3.63) is 76.7 Å². The smallest absolute Gasteiger partial charge is 0.326 e. The van der Waals surface area contributed by atoms with Gasteiger partial charge >= 0.3 is 5.97 Å². The molecule has 2 aromatic rings. The molecule has 3 rings (SSSR count). The average molecular weight is 427 g/mol. The Morgan fingerprint density at radius 3 is 2.34 bits per heavy atom. The largest absolute Gasteiger partial charge is 0.480 e. The van der Waals surface area contributed by atoms with Gasteiger partial charge in [-0.25, -0.2) is 4.79 Å². The molecule has 2 N–H and O–H groups in total. The van der Waals surface area contributed by atoms with E-state index in [4.69, 9.17) is 12.2 Å². The molecule has 6 nitrogen and oxygen atoms in total. The summed E-state index contributed by atoms with van der Waals surface area (Å²) in [5, 5.41) is 11.9. The van der Waals surface area contributed by atoms with Crippen molar-refractivity contribution in [3.63, 3.8) is 0 Å². The number of thioether (sulfide) groups is 1. The first kappa shape index (κ1) is 20.8. The van der Waals surface area contributed by atoms with Crippen LogP contribution in [0.1, 0.15) is 11.1 Å². The molecule has 1 aliphatic heterocycles. The predicted molar refractivity (Wildman–Crippen MR) is 116 cm³/mol. The zero-order chi connectivity index (χ0) is 20.8. The first-order chi connectivity index (χ1) is 13.9. The van der Waals surface area contributed by atoms with E-state index in [1.807, 2.05) is 36.4 Å². The van der Waals surface area contributed by atoms with E-state index in [0.29, 0.717) is 4.91 Å². The summed E-state index contributed by atoms with van der Waals surface area (Å²) >= 11 is 6.35. The van der Waals surface area contributed by atoms with Crippen LogP contribution in [0.2, 0.25) is 0 Å². The van der Waals surface area contributed by atoms with Gasteiger partial charge < -0.3 is 10.4 Å². The number of carboxylic acids is 1. The van der Waals surface area contributed by atoms with E-state index in [0.717, 1.165) is 22.9 Å². The second kappa shape index (κ2) is 9.49. The molecule has 1 aliphatic rings. The first-order valence-corrected chi connectivity index (χ1v) is 10.0. The van der Waals surface area contributed by atoms with E-state index in [2.05, 4.69) is 5.32 Å². The lowest BCUT2D eigenvalue weighted by atomic mass is 10.1. The normalized spacial score (nSPS) is 16.1. The molecule has 0 saturated carbocycles. The van der Waals surface area contributed by atoms with E-state index in [1.165, 1.54) is 4.90 Å². The van der Waals surface area contributed by atoms with Gasteiger partial charge in [-0.05, 0) is 17.2 Å². The third-order valence-corrected chi connectivity index (χ3v) is 5.57. The summed E-state index contributed by atoms with van der Waals surface area (Å²) in [5.74, 6) is -2.09. The van der Waals surface area contributed by atoms with Crippen molar-refractivity contribution in [1.82, 2.24) is 10.2 Å². The molecule has 8 heteroatoms. The summed E-state index contributed by atoms with van der Waals surface area (Å²) in [6.45, 7) is -0.324. The minimum atomic E-state index is -1.14. The van der Waals surface area contributed by atoms with E-state index in [-0.39, 0.29) is 23.2 Å². The molecular formula is C21H18N2O4S2. The number of carbonyl (C=O) groups excluding carboxylic acids is 2. The van der Waals surface area contributed by atoms with Crippen molar-refractivity contribution < 1.29 is 19.5 Å². The molecule has 1 heterocycles. The highest BCUT2D eigenvalue weighted by Gasteiger charge is 2.34. The van der Waals surface area contributed by atoms with Crippen LogP contribution in [-0.4, -0.2) is 44.7 Å². The van der Waals surface area contributed by atoms with E-state index in [1.54, 1.807) is 30.3 Å². The van der Waals surface area contributed by atoms with Gasteiger partial charge in [-0.3, -0.25) is 14.5 Å². The third kappa shape index (κ3) is 5.52. The molecule has 0 radical (unpaired) electrons. The van der Waals surface area contributed by atoms with Crippen molar-refractivity contribution in [1.29, 1.82) is 0 Å². The second-order valence-electron chi connectivity index (χ2n) is 6.33. The molecule has 2 amide bonds. The van der Waals surface area contributed by atoms with E-state index in [9.17, 15) is 19.5 Å². The molecule has 1 atom stereocenters. The van der Waals surface area contributed by atoms with Crippen LogP contribution in [0.3, 0.4) is 0 Å². The fourth-order valence-electron chi connectivity index (χ4n) is 2.77. The lowest BCUT2D eigenvalue weighted by Crippen LogP contribution is -2.47. The van der Waals surface area contributed by atoms with Gasteiger partial charge in [-0.15, -0.1) is 0 Å². The predicted octanol–water partition coefficient (Wildman–Crippen LogP) is 2.70. The summed E-state index contributed by atoms with van der Waals surface area (Å²) in [4.78, 5) is 38.2. The Labute approximate surface area is 177 Å². The van der Waals surface area contributed by atoms with Crippen LogP contribution in [0, 0.1) is 0 Å². The van der Waals surface area contributed by atoms with Crippen LogP contribution in [0.15, 0.2) is 65.6 Å². The third-order valence-electron chi connectivity index (χ3n) is 4.19. The Morgan fingerprint density at radius 2 is 1.72 bits per heavy atom. The highest BCUT2D eigenvalue weighted by molar-refractivity contribution is 8.26. The van der Waals surface area contributed by atoms with Crippen molar-refractivity contribution in [2.45, 2.75) is 12.5 Å². The maximum Gasteiger partial charge on any atom is 0.326 e. The van der Waals surface area contributed by atoms with Gasteiger partial charge in [-0.2, -0.15) is 0 Å². The summed E-state index contributed by atoms with van der Waals surface area (Å²) in [6.07, 6.45) is 1.86. The fourth-order valence-corrected chi connectivity index (χ4v) is 4.03. The van der Waals surface area contributed by atoms with Crippen LogP contribution < -0.4 is 5.32 Å². The van der Waals surface area contributed by atoms with Gasteiger partial charge in [0.15, 0.2) is 0 Å². The molecule has 29 heavy (non-hydrogen) atoms. The van der Waals surface area contributed by atoms with Crippen molar-refractivity contribution in [2.24, 2.45) is 0 Å². The molecule has 1 unspecified atom stereocenters. The topological polar surface area (TPSA) is 86.7 Å². The van der Waals surface area contributed by atoms with Gasteiger partial charge in [0.25, 0.3) is 5.91 Å². The number of nitrogens with zero attached hydrogens (tertiary/aromatic N) is 1. The van der Waals surface area contributed by atoms with Crippen molar-refractivity contribution in [2.75, 3.05) is 6.54 Å². The molecule has 0 spiro atoms. The minimum absolute atomic E-state index is 0.147. The maximum absolute atomic E-state index is 12.6. The van der Waals surface area contributed by atoms with E-state index >= 15 is 0 Å². The number of thiocarbonyl (C=S) groups is 1. The maximum atomic E-state index is 12.6. The Kier molecular flexibility index (Phi) is 6.79. The summed E-state index contributed by atoms with van der Waals surface area (Å²) in [7, 11) is 0. The Morgan fingerprint density at radius 1 is 1.10 bits per heavy atom. The molecule has 1 fully saturated rings. The lowest BCUT2D eigenvalue weighted by Gasteiger charge is -2.18. The number of hydrogen-bond donors (Lipinski definition) is 2. The molecule has 148 valence electrons. The molecular weight excluding hydrogens is 408 g/mol. The van der Waals surface area contributed by atoms with Gasteiger partial charge in [0.05, 0.1) is 4.91 Å². The van der Waals surface area contributed by atoms with Gasteiger partial charge in [0, 0.05) is 6.42 Å². The Hall–Kier alpha value is -2.97. The lowest BCUT2D eigenvalue weighted by molar-refractivity contribution is -0.142. The van der Waals surface area contributed by atoms with Crippen LogP contribution in [-0.2, 0) is 20.8 Å². The number of aliphatic carboxylic acids is 1. The second-order valence-corrected chi connectivity index (χ2v) is 8.00. The number of hydrogen-bond acceptors (Lipinski definition) is 5. The quantitative estimate of drug-likeness (QED) is 0.523. The fraction of sp³-hybridized carbons (Fsp3) is 0.143. The first-order valence-electron chi connectivity index (χ1n) is 8.80. The summed E-state index contributed by atoms with van der Waals surface area (Å²) < 4.78 is 0.266. The standard InChI is InChI=1S/C21H18N2O4S2/c24-18(22-16(20(26)27)11-14-7-3-1-4-8-14)13-23-19(25)17(29-21(23)28)12-15-9-5-2-6-10-15/h1-10,12,16H,11,13H2,(H,22,24)(H,26,27). The van der Waals surface area contributed by atoms with Gasteiger partial charge in [0.1, 0.15) is 16.9 Å². The summed E-state index contributed by atoms with van der Waals surface area (Å²) in [6, 6.07) is 17.2. The monoisotopic (exact) mass is 426 g/mol. The molecule has 0 aliphatic carbocycles. The molecule has 2 aromatic carbocycles. The SMILES string of the molecule is O=C(CN1C(=O)C(=Cc2ccccc2)SC1=S)NC(Cc1ccccc1)C(=O)O. The van der Waals surface area contributed by atoms with Crippen LogP contribution in [0.5, 0.6) is 0 Å².